The summed E-state index contributed by atoms with van der Waals surface area (Å²) >= 11 is 0. The quantitative estimate of drug-likeness (QED) is 0.668. The number of anilines is 1. The molecule has 0 fully saturated rings. The Labute approximate surface area is 162 Å². The standard InChI is InChI=1S/C20H19N3O5/c1-27-20(26)12-22-18(24)10-14-2-6-16(7-3-14)23-19(25)13-28-17-8-4-15(11-21)5-9-17/h2-9H,10,12-13H2,1H3,(H,22,24)(H,23,25). The number of carbonyl (C=O) groups is 3. The second kappa shape index (κ2) is 10.3. The first-order chi connectivity index (χ1) is 13.5. The van der Waals surface area contributed by atoms with Crippen molar-refractivity contribution >= 4 is 23.5 Å². The zero-order valence-corrected chi connectivity index (χ0v) is 15.2. The van der Waals surface area contributed by atoms with E-state index in [-0.39, 0.29) is 31.4 Å². The van der Waals surface area contributed by atoms with Gasteiger partial charge in [0.05, 0.1) is 25.2 Å². The maximum Gasteiger partial charge on any atom is 0.325 e. The highest BCUT2D eigenvalue weighted by Crippen LogP contribution is 2.13. The van der Waals surface area contributed by atoms with Crippen LogP contribution in [0.15, 0.2) is 48.5 Å². The van der Waals surface area contributed by atoms with Gasteiger partial charge in [0.2, 0.25) is 5.91 Å². The van der Waals surface area contributed by atoms with Gasteiger partial charge in [-0.05, 0) is 42.0 Å². The number of hydrogen-bond donors (Lipinski definition) is 2. The summed E-state index contributed by atoms with van der Waals surface area (Å²) in [7, 11) is 1.25. The van der Waals surface area contributed by atoms with E-state index in [9.17, 15) is 14.4 Å². The van der Waals surface area contributed by atoms with Crippen molar-refractivity contribution in [3.05, 3.63) is 59.7 Å². The first-order valence-corrected chi connectivity index (χ1v) is 8.35. The van der Waals surface area contributed by atoms with Crippen LogP contribution in [0, 0.1) is 11.3 Å². The van der Waals surface area contributed by atoms with Gasteiger partial charge in [0.25, 0.3) is 5.91 Å². The lowest BCUT2D eigenvalue weighted by atomic mass is 10.1. The molecular formula is C20H19N3O5. The van der Waals surface area contributed by atoms with Gasteiger partial charge in [-0.1, -0.05) is 12.1 Å². The van der Waals surface area contributed by atoms with Gasteiger partial charge in [-0.2, -0.15) is 5.26 Å². The SMILES string of the molecule is COC(=O)CNC(=O)Cc1ccc(NC(=O)COc2ccc(C#N)cc2)cc1. The van der Waals surface area contributed by atoms with Crippen LogP contribution in [0.3, 0.4) is 0 Å². The zero-order valence-electron chi connectivity index (χ0n) is 15.2. The molecular weight excluding hydrogens is 362 g/mol. The van der Waals surface area contributed by atoms with Crippen LogP contribution in [-0.4, -0.2) is 38.0 Å². The van der Waals surface area contributed by atoms with Gasteiger partial charge < -0.3 is 20.1 Å². The second-order valence-electron chi connectivity index (χ2n) is 5.70. The van der Waals surface area contributed by atoms with Crippen LogP contribution in [-0.2, 0) is 25.5 Å². The van der Waals surface area contributed by atoms with E-state index in [0.717, 1.165) is 5.56 Å². The summed E-state index contributed by atoms with van der Waals surface area (Å²) in [5.41, 5.74) is 1.80. The molecule has 2 rings (SSSR count). The van der Waals surface area contributed by atoms with Gasteiger partial charge in [-0.15, -0.1) is 0 Å². The largest absolute Gasteiger partial charge is 0.484 e. The first-order valence-electron chi connectivity index (χ1n) is 8.35. The molecule has 0 aromatic heterocycles. The minimum absolute atomic E-state index is 0.104. The summed E-state index contributed by atoms with van der Waals surface area (Å²) in [5, 5.41) is 13.9. The van der Waals surface area contributed by atoms with E-state index in [2.05, 4.69) is 15.4 Å². The number of rotatable bonds is 8. The summed E-state index contributed by atoms with van der Waals surface area (Å²) in [6.07, 6.45) is 0.104. The molecule has 0 unspecified atom stereocenters. The van der Waals surface area contributed by atoms with Crippen LogP contribution in [0.25, 0.3) is 0 Å². The molecule has 0 heterocycles. The van der Waals surface area contributed by atoms with Crippen LogP contribution in [0.4, 0.5) is 5.69 Å². The fourth-order valence-corrected chi connectivity index (χ4v) is 2.17. The molecule has 0 aliphatic carbocycles. The van der Waals surface area contributed by atoms with Crippen molar-refractivity contribution in [2.24, 2.45) is 0 Å². The number of ether oxygens (including phenoxy) is 2. The van der Waals surface area contributed by atoms with Crippen molar-refractivity contribution in [3.63, 3.8) is 0 Å². The predicted octanol–water partition coefficient (Wildman–Crippen LogP) is 1.41. The normalized spacial score (nSPS) is 9.71. The number of benzene rings is 2. The fourth-order valence-electron chi connectivity index (χ4n) is 2.17. The molecule has 0 radical (unpaired) electrons. The molecule has 0 spiro atoms. The molecule has 2 amide bonds. The fraction of sp³-hybridized carbons (Fsp3) is 0.200. The lowest BCUT2D eigenvalue weighted by Gasteiger charge is -2.08. The molecule has 2 aromatic carbocycles. The predicted molar refractivity (Wildman–Crippen MR) is 100 cm³/mol. The van der Waals surface area contributed by atoms with Gasteiger partial charge in [0, 0.05) is 5.69 Å². The first kappa shape index (κ1) is 20.5. The van der Waals surface area contributed by atoms with Gasteiger partial charge in [-0.3, -0.25) is 14.4 Å². The van der Waals surface area contributed by atoms with E-state index >= 15 is 0 Å². The summed E-state index contributed by atoms with van der Waals surface area (Å²) < 4.78 is 9.80. The molecule has 8 heteroatoms. The number of carbonyl (C=O) groups excluding carboxylic acids is 3. The van der Waals surface area contributed by atoms with Crippen molar-refractivity contribution in [1.82, 2.24) is 5.32 Å². The third kappa shape index (κ3) is 6.80. The Morgan fingerprint density at radius 1 is 1.00 bits per heavy atom. The monoisotopic (exact) mass is 381 g/mol. The van der Waals surface area contributed by atoms with Gasteiger partial charge >= 0.3 is 5.97 Å². The van der Waals surface area contributed by atoms with Crippen molar-refractivity contribution in [2.75, 3.05) is 25.6 Å². The Bertz CT molecular complexity index is 870. The summed E-state index contributed by atoms with van der Waals surface area (Å²) in [6.45, 7) is -0.355. The molecule has 8 nitrogen and oxygen atoms in total. The van der Waals surface area contributed by atoms with Crippen molar-refractivity contribution < 1.29 is 23.9 Å². The number of esters is 1. The lowest BCUT2D eigenvalue weighted by molar-refractivity contribution is -0.141. The Hall–Kier alpha value is -3.86. The van der Waals surface area contributed by atoms with Crippen LogP contribution in [0.1, 0.15) is 11.1 Å². The van der Waals surface area contributed by atoms with Crippen LogP contribution in [0.2, 0.25) is 0 Å². The van der Waals surface area contributed by atoms with E-state index < -0.39 is 5.97 Å². The number of nitriles is 1. The number of hydrogen-bond acceptors (Lipinski definition) is 6. The smallest absolute Gasteiger partial charge is 0.325 e. The number of methoxy groups -OCH3 is 1. The average Bonchev–Trinajstić information content (AvgIpc) is 2.72. The zero-order chi connectivity index (χ0) is 20.4. The van der Waals surface area contributed by atoms with Crippen LogP contribution < -0.4 is 15.4 Å². The number of nitrogens with zero attached hydrogens (tertiary/aromatic N) is 1. The van der Waals surface area contributed by atoms with Crippen LogP contribution in [0.5, 0.6) is 5.75 Å². The Balaban J connectivity index is 1.77. The summed E-state index contributed by atoms with van der Waals surface area (Å²) in [5.74, 6) is -0.678. The maximum atomic E-state index is 12.0. The van der Waals surface area contributed by atoms with Crippen molar-refractivity contribution in [2.45, 2.75) is 6.42 Å². The molecule has 0 aliphatic heterocycles. The highest BCUT2D eigenvalue weighted by molar-refractivity contribution is 5.92. The molecule has 0 saturated heterocycles. The van der Waals surface area contributed by atoms with E-state index in [1.807, 2.05) is 6.07 Å². The van der Waals surface area contributed by atoms with Gasteiger partial charge in [0.1, 0.15) is 12.3 Å². The van der Waals surface area contributed by atoms with E-state index in [1.165, 1.54) is 7.11 Å². The Kier molecular flexibility index (Phi) is 7.54. The van der Waals surface area contributed by atoms with Gasteiger partial charge in [0.15, 0.2) is 6.61 Å². The van der Waals surface area contributed by atoms with E-state index in [0.29, 0.717) is 17.0 Å². The highest BCUT2D eigenvalue weighted by Gasteiger charge is 2.08. The Morgan fingerprint density at radius 2 is 1.68 bits per heavy atom. The third-order valence-electron chi connectivity index (χ3n) is 3.61. The Morgan fingerprint density at radius 3 is 2.29 bits per heavy atom. The average molecular weight is 381 g/mol. The summed E-state index contributed by atoms with van der Waals surface area (Å²) in [4.78, 5) is 34.7. The van der Waals surface area contributed by atoms with Gasteiger partial charge in [-0.25, -0.2) is 0 Å². The highest BCUT2D eigenvalue weighted by atomic mass is 16.5. The topological polar surface area (TPSA) is 118 Å². The molecule has 0 bridgehead atoms. The molecule has 144 valence electrons. The third-order valence-corrected chi connectivity index (χ3v) is 3.61. The molecule has 28 heavy (non-hydrogen) atoms. The maximum absolute atomic E-state index is 12.0. The number of nitrogens with one attached hydrogen (secondary N) is 2. The summed E-state index contributed by atoms with van der Waals surface area (Å²) in [6, 6.07) is 15.2. The van der Waals surface area contributed by atoms with Crippen molar-refractivity contribution in [1.29, 1.82) is 5.26 Å². The second-order valence-corrected chi connectivity index (χ2v) is 5.70. The van der Waals surface area contributed by atoms with E-state index in [4.69, 9.17) is 10.00 Å². The van der Waals surface area contributed by atoms with Crippen LogP contribution >= 0.6 is 0 Å². The van der Waals surface area contributed by atoms with Crippen molar-refractivity contribution in [3.8, 4) is 11.8 Å². The molecule has 0 saturated carbocycles. The number of amides is 2. The molecule has 2 aromatic rings. The lowest BCUT2D eigenvalue weighted by Crippen LogP contribution is -2.31. The van der Waals surface area contributed by atoms with E-state index in [1.54, 1.807) is 48.5 Å². The minimum Gasteiger partial charge on any atom is -0.484 e. The molecule has 0 aliphatic rings. The molecule has 0 atom stereocenters. The molecule has 2 N–H and O–H groups in total. The minimum atomic E-state index is -0.519.